The molecule has 0 aliphatic heterocycles. The largest absolute Gasteiger partial charge is 0.465 e. The highest BCUT2D eigenvalue weighted by atomic mass is 16.3. The Bertz CT molecular complexity index is 749. The molecule has 3 N–H and O–H groups in total. The topological polar surface area (TPSA) is 100 Å². The van der Waals surface area contributed by atoms with Gasteiger partial charge >= 0.3 is 0 Å². The van der Waals surface area contributed by atoms with E-state index in [9.17, 15) is 14.4 Å². The van der Waals surface area contributed by atoms with Crippen LogP contribution < -0.4 is 16.2 Å². The summed E-state index contributed by atoms with van der Waals surface area (Å²) in [5.41, 5.74) is 5.53. The predicted molar refractivity (Wildman–Crippen MR) is 93.3 cm³/mol. The molecule has 130 valence electrons. The first kappa shape index (κ1) is 18.0. The first-order valence-corrected chi connectivity index (χ1v) is 7.80. The van der Waals surface area contributed by atoms with Gasteiger partial charge in [0.25, 0.3) is 11.8 Å². The van der Waals surface area contributed by atoms with E-state index in [1.54, 1.807) is 36.4 Å². The summed E-state index contributed by atoms with van der Waals surface area (Å²) in [7, 11) is 0. The lowest BCUT2D eigenvalue weighted by Gasteiger charge is -2.07. The second kappa shape index (κ2) is 9.07. The van der Waals surface area contributed by atoms with Crippen LogP contribution in [0.3, 0.4) is 0 Å². The van der Waals surface area contributed by atoms with Gasteiger partial charge in [-0.15, -0.1) is 0 Å². The summed E-state index contributed by atoms with van der Waals surface area (Å²) in [6.07, 6.45) is 5.43. The van der Waals surface area contributed by atoms with E-state index in [1.807, 2.05) is 6.92 Å². The monoisotopic (exact) mass is 341 g/mol. The summed E-state index contributed by atoms with van der Waals surface area (Å²) in [4.78, 5) is 35.1. The molecule has 2 rings (SSSR count). The Morgan fingerprint density at radius 2 is 1.84 bits per heavy atom. The van der Waals surface area contributed by atoms with Crippen molar-refractivity contribution < 1.29 is 18.8 Å². The van der Waals surface area contributed by atoms with Crippen LogP contribution in [0.15, 0.2) is 53.2 Å². The Labute approximate surface area is 145 Å². The first-order chi connectivity index (χ1) is 12.1. The normalized spacial score (nSPS) is 10.4. The summed E-state index contributed by atoms with van der Waals surface area (Å²) in [5.74, 6) is -0.503. The van der Waals surface area contributed by atoms with E-state index in [4.69, 9.17) is 4.42 Å². The summed E-state index contributed by atoms with van der Waals surface area (Å²) in [6.45, 7) is 1.92. The molecule has 2 aromatic rings. The molecular formula is C18H19N3O4. The summed E-state index contributed by atoms with van der Waals surface area (Å²) in [5, 5.41) is 2.73. The first-order valence-electron chi connectivity index (χ1n) is 7.80. The van der Waals surface area contributed by atoms with Crippen molar-refractivity contribution in [2.45, 2.75) is 19.8 Å². The van der Waals surface area contributed by atoms with Crippen molar-refractivity contribution in [1.82, 2.24) is 10.9 Å². The molecule has 0 spiro atoms. The fourth-order valence-electron chi connectivity index (χ4n) is 1.93. The van der Waals surface area contributed by atoms with Crippen LogP contribution in [-0.2, 0) is 9.59 Å². The molecule has 0 saturated carbocycles. The van der Waals surface area contributed by atoms with E-state index in [1.165, 1.54) is 18.4 Å². The molecule has 1 aromatic carbocycles. The van der Waals surface area contributed by atoms with E-state index >= 15 is 0 Å². The number of amides is 3. The highest BCUT2D eigenvalue weighted by molar-refractivity contribution is 5.98. The molecule has 7 nitrogen and oxygen atoms in total. The number of carbonyl (C=O) groups is 3. The molecule has 25 heavy (non-hydrogen) atoms. The van der Waals surface area contributed by atoms with Gasteiger partial charge in [0.1, 0.15) is 5.76 Å². The highest BCUT2D eigenvalue weighted by Gasteiger charge is 2.07. The van der Waals surface area contributed by atoms with Crippen molar-refractivity contribution in [3.05, 3.63) is 60.1 Å². The van der Waals surface area contributed by atoms with Crippen molar-refractivity contribution >= 4 is 29.5 Å². The van der Waals surface area contributed by atoms with Gasteiger partial charge in [-0.2, -0.15) is 0 Å². The third-order valence-electron chi connectivity index (χ3n) is 3.15. The van der Waals surface area contributed by atoms with Crippen molar-refractivity contribution in [2.24, 2.45) is 0 Å². The second-order valence-electron chi connectivity index (χ2n) is 5.17. The van der Waals surface area contributed by atoms with Crippen molar-refractivity contribution in [3.63, 3.8) is 0 Å². The number of rotatable bonds is 6. The Kier molecular flexibility index (Phi) is 6.53. The molecule has 0 aliphatic carbocycles. The number of hydrogen-bond donors (Lipinski definition) is 3. The second-order valence-corrected chi connectivity index (χ2v) is 5.17. The lowest BCUT2D eigenvalue weighted by molar-refractivity contribution is -0.117. The zero-order chi connectivity index (χ0) is 18.1. The van der Waals surface area contributed by atoms with Gasteiger partial charge in [-0.3, -0.25) is 25.2 Å². The molecule has 0 unspecified atom stereocenters. The van der Waals surface area contributed by atoms with E-state index in [-0.39, 0.29) is 5.91 Å². The summed E-state index contributed by atoms with van der Waals surface area (Å²) >= 11 is 0. The van der Waals surface area contributed by atoms with E-state index in [2.05, 4.69) is 16.2 Å². The fourth-order valence-corrected chi connectivity index (χ4v) is 1.93. The van der Waals surface area contributed by atoms with Crippen molar-refractivity contribution in [3.8, 4) is 0 Å². The molecule has 0 aliphatic rings. The minimum absolute atomic E-state index is 0.0738. The number of hydrazine groups is 1. The van der Waals surface area contributed by atoms with E-state index in [0.717, 1.165) is 6.42 Å². The average molecular weight is 341 g/mol. The maximum atomic E-state index is 12.0. The SMILES string of the molecule is CCCC(=O)Nc1ccc(C(=O)NNC(=O)/C=C/c2ccco2)cc1. The highest BCUT2D eigenvalue weighted by Crippen LogP contribution is 2.10. The molecule has 0 bridgehead atoms. The fraction of sp³-hybridized carbons (Fsp3) is 0.167. The number of benzene rings is 1. The zero-order valence-corrected chi connectivity index (χ0v) is 13.7. The lowest BCUT2D eigenvalue weighted by atomic mass is 10.2. The molecule has 0 atom stereocenters. The van der Waals surface area contributed by atoms with Crippen LogP contribution in [0.2, 0.25) is 0 Å². The number of anilines is 1. The molecule has 1 heterocycles. The summed E-state index contributed by atoms with van der Waals surface area (Å²) < 4.78 is 5.05. The molecule has 0 fully saturated rings. The number of nitrogens with one attached hydrogen (secondary N) is 3. The zero-order valence-electron chi connectivity index (χ0n) is 13.7. The molecule has 3 amide bonds. The van der Waals surface area contributed by atoms with Crippen LogP contribution in [0.5, 0.6) is 0 Å². The standard InChI is InChI=1S/C18H19N3O4/c1-2-4-16(22)19-14-8-6-13(7-9-14)18(24)21-20-17(23)11-10-15-5-3-12-25-15/h3,5-12H,2,4H2,1H3,(H,19,22)(H,20,23)(H,21,24)/b11-10+. The smallest absolute Gasteiger partial charge is 0.269 e. The van der Waals surface area contributed by atoms with E-state index in [0.29, 0.717) is 23.4 Å². The van der Waals surface area contributed by atoms with Crippen LogP contribution in [0.4, 0.5) is 5.69 Å². The number of furan rings is 1. The van der Waals surface area contributed by atoms with Crippen LogP contribution in [-0.4, -0.2) is 17.7 Å². The van der Waals surface area contributed by atoms with Crippen molar-refractivity contribution in [2.75, 3.05) is 5.32 Å². The van der Waals surface area contributed by atoms with Gasteiger partial charge in [-0.1, -0.05) is 6.92 Å². The Morgan fingerprint density at radius 1 is 1.08 bits per heavy atom. The number of hydrogen-bond acceptors (Lipinski definition) is 4. The third kappa shape index (κ3) is 5.98. The maximum Gasteiger partial charge on any atom is 0.269 e. The minimum atomic E-state index is -0.492. The van der Waals surface area contributed by atoms with Gasteiger partial charge in [0.15, 0.2) is 0 Å². The molecule has 0 saturated heterocycles. The molecular weight excluding hydrogens is 322 g/mol. The number of carbonyl (C=O) groups excluding carboxylic acids is 3. The van der Waals surface area contributed by atoms with Gasteiger partial charge in [-0.05, 0) is 48.9 Å². The maximum absolute atomic E-state index is 12.0. The molecule has 1 aromatic heterocycles. The van der Waals surface area contributed by atoms with Crippen LogP contribution >= 0.6 is 0 Å². The van der Waals surface area contributed by atoms with Crippen molar-refractivity contribution in [1.29, 1.82) is 0 Å². The Balaban J connectivity index is 1.82. The van der Waals surface area contributed by atoms with E-state index < -0.39 is 11.8 Å². The molecule has 7 heteroatoms. The lowest BCUT2D eigenvalue weighted by Crippen LogP contribution is -2.40. The Morgan fingerprint density at radius 3 is 2.48 bits per heavy atom. The average Bonchev–Trinajstić information content (AvgIpc) is 3.12. The van der Waals surface area contributed by atoms with Gasteiger partial charge in [-0.25, -0.2) is 0 Å². The Hall–Kier alpha value is -3.35. The predicted octanol–water partition coefficient (Wildman–Crippen LogP) is 2.49. The quantitative estimate of drug-likeness (QED) is 0.555. The van der Waals surface area contributed by atoms with Gasteiger partial charge in [0, 0.05) is 23.7 Å². The third-order valence-corrected chi connectivity index (χ3v) is 3.15. The minimum Gasteiger partial charge on any atom is -0.465 e. The summed E-state index contributed by atoms with van der Waals surface area (Å²) in [6, 6.07) is 9.77. The van der Waals surface area contributed by atoms with Crippen LogP contribution in [0.1, 0.15) is 35.9 Å². The molecule has 0 radical (unpaired) electrons. The van der Waals surface area contributed by atoms with Crippen LogP contribution in [0.25, 0.3) is 6.08 Å². The van der Waals surface area contributed by atoms with Gasteiger partial charge < -0.3 is 9.73 Å². The van der Waals surface area contributed by atoms with Gasteiger partial charge in [0.05, 0.1) is 6.26 Å². The van der Waals surface area contributed by atoms with Gasteiger partial charge in [0.2, 0.25) is 5.91 Å². The van der Waals surface area contributed by atoms with Crippen LogP contribution in [0, 0.1) is 0 Å².